The van der Waals surface area contributed by atoms with Crippen molar-refractivity contribution in [2.45, 2.75) is 26.8 Å². The van der Waals surface area contributed by atoms with Crippen LogP contribution in [0.1, 0.15) is 31.1 Å². The van der Waals surface area contributed by atoms with Gasteiger partial charge in [-0.15, -0.1) is 0 Å². The Balaban J connectivity index is 1.96. The Labute approximate surface area is 125 Å². The van der Waals surface area contributed by atoms with Crippen LogP contribution in [-0.4, -0.2) is 30.9 Å². The van der Waals surface area contributed by atoms with Gasteiger partial charge in [0.25, 0.3) is 5.91 Å². The smallest absolute Gasteiger partial charge is 0.251 e. The monoisotopic (exact) mass is 289 g/mol. The zero-order valence-corrected chi connectivity index (χ0v) is 12.8. The maximum atomic E-state index is 12.2. The van der Waals surface area contributed by atoms with Crippen molar-refractivity contribution in [1.29, 1.82) is 0 Å². The van der Waals surface area contributed by atoms with Crippen LogP contribution in [0, 0.1) is 11.8 Å². The van der Waals surface area contributed by atoms with Crippen LogP contribution in [0.2, 0.25) is 0 Å². The van der Waals surface area contributed by atoms with Gasteiger partial charge >= 0.3 is 0 Å². The molecule has 5 heteroatoms. The van der Waals surface area contributed by atoms with Gasteiger partial charge in [0.15, 0.2) is 0 Å². The van der Waals surface area contributed by atoms with Gasteiger partial charge in [0.2, 0.25) is 5.91 Å². The number of carbonyl (C=O) groups is 2. The molecule has 21 heavy (non-hydrogen) atoms. The number of hydrogen-bond acceptors (Lipinski definition) is 3. The molecule has 3 N–H and O–H groups in total. The summed E-state index contributed by atoms with van der Waals surface area (Å²) in [7, 11) is 0. The lowest BCUT2D eigenvalue weighted by atomic mass is 9.97. The Hall–Kier alpha value is -1.88. The first-order valence-electron chi connectivity index (χ1n) is 7.40. The van der Waals surface area contributed by atoms with Crippen LogP contribution in [-0.2, 0) is 4.79 Å². The summed E-state index contributed by atoms with van der Waals surface area (Å²) >= 11 is 0. The van der Waals surface area contributed by atoms with E-state index in [0.29, 0.717) is 11.5 Å². The van der Waals surface area contributed by atoms with Crippen molar-refractivity contribution in [3.05, 3.63) is 29.8 Å². The molecular formula is C16H23N3O2. The van der Waals surface area contributed by atoms with Crippen molar-refractivity contribution >= 4 is 17.5 Å². The highest BCUT2D eigenvalue weighted by molar-refractivity contribution is 5.96. The van der Waals surface area contributed by atoms with E-state index in [4.69, 9.17) is 0 Å². The van der Waals surface area contributed by atoms with Crippen molar-refractivity contribution in [1.82, 2.24) is 10.6 Å². The lowest BCUT2D eigenvalue weighted by molar-refractivity contribution is -0.120. The minimum Gasteiger partial charge on any atom is -0.350 e. The van der Waals surface area contributed by atoms with Crippen LogP contribution in [0.4, 0.5) is 5.69 Å². The van der Waals surface area contributed by atoms with Gasteiger partial charge in [-0.25, -0.2) is 0 Å². The van der Waals surface area contributed by atoms with Gasteiger partial charge in [-0.2, -0.15) is 0 Å². The van der Waals surface area contributed by atoms with Crippen LogP contribution in [0.25, 0.3) is 0 Å². The van der Waals surface area contributed by atoms with Gasteiger partial charge in [0, 0.05) is 23.8 Å². The van der Waals surface area contributed by atoms with E-state index in [1.165, 1.54) is 0 Å². The van der Waals surface area contributed by atoms with Gasteiger partial charge in [-0.05, 0) is 50.6 Å². The number of nitrogens with one attached hydrogen (secondary N) is 3. The van der Waals surface area contributed by atoms with Crippen molar-refractivity contribution in [3.63, 3.8) is 0 Å². The lowest BCUT2D eigenvalue weighted by Crippen LogP contribution is -2.30. The predicted molar refractivity (Wildman–Crippen MR) is 83.2 cm³/mol. The average Bonchev–Trinajstić information content (AvgIpc) is 2.85. The van der Waals surface area contributed by atoms with Crippen LogP contribution in [0.15, 0.2) is 24.3 Å². The standard InChI is InChI=1S/C16H23N3O2/c1-10(2)18-15(20)12-4-6-13(7-5-12)19-16(21)14-9-17-8-11(14)3/h4-7,10-11,14,17H,8-9H2,1-3H3,(H,18,20)(H,19,21)/t11-,14-/m1/s1. The second-order valence-electron chi connectivity index (χ2n) is 5.94. The van der Waals surface area contributed by atoms with E-state index < -0.39 is 0 Å². The summed E-state index contributed by atoms with van der Waals surface area (Å²) in [6.45, 7) is 7.52. The average molecular weight is 289 g/mol. The quantitative estimate of drug-likeness (QED) is 0.789. The molecule has 1 aliphatic rings. The topological polar surface area (TPSA) is 70.2 Å². The summed E-state index contributed by atoms with van der Waals surface area (Å²) in [5, 5.41) is 8.96. The van der Waals surface area contributed by atoms with Gasteiger partial charge in [0.05, 0.1) is 5.92 Å². The summed E-state index contributed by atoms with van der Waals surface area (Å²) in [6.07, 6.45) is 0. The van der Waals surface area contributed by atoms with Crippen molar-refractivity contribution in [2.75, 3.05) is 18.4 Å². The zero-order valence-electron chi connectivity index (χ0n) is 12.8. The first-order valence-corrected chi connectivity index (χ1v) is 7.40. The SMILES string of the molecule is CC(C)NC(=O)c1ccc(NC(=O)[C@@H]2CNC[C@H]2C)cc1. The van der Waals surface area contributed by atoms with Crippen molar-refractivity contribution in [2.24, 2.45) is 11.8 Å². The normalized spacial score (nSPS) is 21.3. The molecule has 0 aromatic heterocycles. The first kappa shape index (κ1) is 15.5. The van der Waals surface area contributed by atoms with E-state index in [1.807, 2.05) is 13.8 Å². The van der Waals surface area contributed by atoms with E-state index in [1.54, 1.807) is 24.3 Å². The third kappa shape index (κ3) is 4.04. The summed E-state index contributed by atoms with van der Waals surface area (Å²) in [4.78, 5) is 24.0. The highest BCUT2D eigenvalue weighted by Gasteiger charge is 2.29. The van der Waals surface area contributed by atoms with Gasteiger partial charge in [-0.3, -0.25) is 9.59 Å². The largest absolute Gasteiger partial charge is 0.350 e. The number of amides is 2. The molecule has 0 unspecified atom stereocenters. The minimum absolute atomic E-state index is 0.00826. The van der Waals surface area contributed by atoms with Crippen LogP contribution in [0.3, 0.4) is 0 Å². The van der Waals surface area contributed by atoms with E-state index in [9.17, 15) is 9.59 Å². The Morgan fingerprint density at radius 1 is 1.19 bits per heavy atom. The predicted octanol–water partition coefficient (Wildman–Crippen LogP) is 1.62. The molecule has 0 radical (unpaired) electrons. The van der Waals surface area contributed by atoms with Gasteiger partial charge < -0.3 is 16.0 Å². The number of rotatable bonds is 4. The second kappa shape index (κ2) is 6.72. The second-order valence-corrected chi connectivity index (χ2v) is 5.94. The molecule has 1 heterocycles. The fourth-order valence-corrected chi connectivity index (χ4v) is 2.45. The summed E-state index contributed by atoms with van der Waals surface area (Å²) in [6, 6.07) is 7.08. The molecule has 0 bridgehead atoms. The van der Waals surface area contributed by atoms with E-state index in [2.05, 4.69) is 22.9 Å². The summed E-state index contributed by atoms with van der Waals surface area (Å²) < 4.78 is 0. The highest BCUT2D eigenvalue weighted by Crippen LogP contribution is 2.18. The maximum Gasteiger partial charge on any atom is 0.251 e. The molecule has 1 aromatic rings. The summed E-state index contributed by atoms with van der Waals surface area (Å²) in [5.74, 6) is 0.290. The molecule has 5 nitrogen and oxygen atoms in total. The number of benzene rings is 1. The van der Waals surface area contributed by atoms with Gasteiger partial charge in [0.1, 0.15) is 0 Å². The fourth-order valence-electron chi connectivity index (χ4n) is 2.45. The van der Waals surface area contributed by atoms with E-state index >= 15 is 0 Å². The van der Waals surface area contributed by atoms with Gasteiger partial charge in [-0.1, -0.05) is 6.92 Å². The zero-order chi connectivity index (χ0) is 15.4. The van der Waals surface area contributed by atoms with E-state index in [0.717, 1.165) is 18.8 Å². The van der Waals surface area contributed by atoms with Crippen LogP contribution in [0.5, 0.6) is 0 Å². The van der Waals surface area contributed by atoms with Crippen molar-refractivity contribution < 1.29 is 9.59 Å². The van der Waals surface area contributed by atoms with E-state index in [-0.39, 0.29) is 23.8 Å². The molecule has 2 amide bonds. The number of anilines is 1. The maximum absolute atomic E-state index is 12.2. The first-order chi connectivity index (χ1) is 9.97. The third-order valence-electron chi connectivity index (χ3n) is 3.69. The lowest BCUT2D eigenvalue weighted by Gasteiger charge is -2.14. The molecule has 2 atom stereocenters. The Kier molecular flexibility index (Phi) is 4.96. The van der Waals surface area contributed by atoms with Crippen LogP contribution < -0.4 is 16.0 Å². The molecule has 114 valence electrons. The number of carbonyl (C=O) groups excluding carboxylic acids is 2. The molecule has 0 saturated carbocycles. The molecule has 2 rings (SSSR count). The number of hydrogen-bond donors (Lipinski definition) is 3. The highest BCUT2D eigenvalue weighted by atomic mass is 16.2. The molecule has 0 aliphatic carbocycles. The Bertz CT molecular complexity index is 511. The third-order valence-corrected chi connectivity index (χ3v) is 3.69. The van der Waals surface area contributed by atoms with Crippen LogP contribution >= 0.6 is 0 Å². The molecule has 1 aliphatic heterocycles. The van der Waals surface area contributed by atoms with Crippen molar-refractivity contribution in [3.8, 4) is 0 Å². The fraction of sp³-hybridized carbons (Fsp3) is 0.500. The molecular weight excluding hydrogens is 266 g/mol. The molecule has 0 spiro atoms. The summed E-state index contributed by atoms with van der Waals surface area (Å²) in [5.41, 5.74) is 1.32. The molecule has 1 aromatic carbocycles. The molecule has 1 saturated heterocycles. The minimum atomic E-state index is -0.100. The Morgan fingerprint density at radius 3 is 2.38 bits per heavy atom. The molecule has 1 fully saturated rings. The Morgan fingerprint density at radius 2 is 1.86 bits per heavy atom.